The predicted octanol–water partition coefficient (Wildman–Crippen LogP) is 4.38. The number of carbonyl (C=O) groups excluding carboxylic acids is 1. The number of amides is 1. The van der Waals surface area contributed by atoms with Crippen molar-refractivity contribution in [3.8, 4) is 5.75 Å². The number of nitrogens with zero attached hydrogens (tertiary/aromatic N) is 1. The molecule has 1 aliphatic rings. The first-order valence-electron chi connectivity index (χ1n) is 9.31. The first-order valence-corrected chi connectivity index (χ1v) is 9.68. The highest BCUT2D eigenvalue weighted by Gasteiger charge is 2.27. The molecule has 3 aromatic rings. The lowest BCUT2D eigenvalue weighted by Gasteiger charge is -2.32. The second-order valence-corrected chi connectivity index (χ2v) is 7.44. The number of piperidine rings is 1. The van der Waals surface area contributed by atoms with E-state index in [1.807, 2.05) is 30.3 Å². The van der Waals surface area contributed by atoms with Gasteiger partial charge in [-0.2, -0.15) is 0 Å². The SMILES string of the molecule is O=C(c1cc(=O)c2cc(Cl)ccc2o1)N1CCCC(COc2ccccc2)C1. The lowest BCUT2D eigenvalue weighted by molar-refractivity contribution is 0.0603. The molecule has 2 heterocycles. The van der Waals surface area contributed by atoms with E-state index in [1.165, 1.54) is 6.07 Å². The van der Waals surface area contributed by atoms with E-state index in [1.54, 1.807) is 23.1 Å². The molecule has 144 valence electrons. The molecule has 6 heteroatoms. The second kappa shape index (κ2) is 8.07. The van der Waals surface area contributed by atoms with E-state index < -0.39 is 0 Å². The summed E-state index contributed by atoms with van der Waals surface area (Å²) in [7, 11) is 0. The molecule has 0 aliphatic carbocycles. The van der Waals surface area contributed by atoms with Crippen LogP contribution in [-0.2, 0) is 0 Å². The van der Waals surface area contributed by atoms with Crippen LogP contribution in [0.5, 0.6) is 5.75 Å². The summed E-state index contributed by atoms with van der Waals surface area (Å²) in [4.78, 5) is 27.0. The molecule has 1 unspecified atom stereocenters. The molecule has 0 radical (unpaired) electrons. The standard InChI is InChI=1S/C22H20ClNO4/c23-16-8-9-20-18(11-16)19(25)12-21(28-20)22(26)24-10-4-5-15(13-24)14-27-17-6-2-1-3-7-17/h1-3,6-9,11-12,15H,4-5,10,13-14H2. The molecule has 0 N–H and O–H groups in total. The van der Waals surface area contributed by atoms with Crippen molar-refractivity contribution in [1.82, 2.24) is 4.90 Å². The Morgan fingerprint density at radius 2 is 2.00 bits per heavy atom. The van der Waals surface area contributed by atoms with Crippen LogP contribution in [0.15, 0.2) is 63.8 Å². The summed E-state index contributed by atoms with van der Waals surface area (Å²) in [5.41, 5.74) is 0.0919. The largest absolute Gasteiger partial charge is 0.493 e. The van der Waals surface area contributed by atoms with Crippen LogP contribution in [0.3, 0.4) is 0 Å². The highest BCUT2D eigenvalue weighted by atomic mass is 35.5. The number of fused-ring (bicyclic) bond motifs is 1. The molecule has 1 fully saturated rings. The van der Waals surface area contributed by atoms with E-state index in [-0.39, 0.29) is 23.0 Å². The Bertz CT molecular complexity index is 1050. The summed E-state index contributed by atoms with van der Waals surface area (Å²) in [5, 5.41) is 0.827. The fourth-order valence-electron chi connectivity index (χ4n) is 3.51. The Hall–Kier alpha value is -2.79. The van der Waals surface area contributed by atoms with Crippen molar-refractivity contribution < 1.29 is 13.9 Å². The van der Waals surface area contributed by atoms with Gasteiger partial charge in [0.05, 0.1) is 12.0 Å². The quantitative estimate of drug-likeness (QED) is 0.655. The van der Waals surface area contributed by atoms with E-state index in [0.29, 0.717) is 35.7 Å². The van der Waals surface area contributed by atoms with Crippen LogP contribution in [0, 0.1) is 5.92 Å². The number of carbonyl (C=O) groups is 1. The maximum Gasteiger partial charge on any atom is 0.289 e. The molecule has 1 saturated heterocycles. The number of rotatable bonds is 4. The van der Waals surface area contributed by atoms with Crippen LogP contribution < -0.4 is 10.2 Å². The van der Waals surface area contributed by atoms with Crippen LogP contribution >= 0.6 is 11.6 Å². The topological polar surface area (TPSA) is 59.8 Å². The van der Waals surface area contributed by atoms with Gasteiger partial charge >= 0.3 is 0 Å². The van der Waals surface area contributed by atoms with Crippen LogP contribution in [0.1, 0.15) is 23.4 Å². The minimum atomic E-state index is -0.270. The highest BCUT2D eigenvalue weighted by molar-refractivity contribution is 6.31. The first kappa shape index (κ1) is 18.6. The Morgan fingerprint density at radius 3 is 2.82 bits per heavy atom. The van der Waals surface area contributed by atoms with Crippen LogP contribution in [0.2, 0.25) is 5.02 Å². The Balaban J connectivity index is 1.47. The van der Waals surface area contributed by atoms with Gasteiger partial charge in [0.1, 0.15) is 11.3 Å². The molecular formula is C22H20ClNO4. The minimum absolute atomic E-state index is 0.0597. The van der Waals surface area contributed by atoms with Crippen molar-refractivity contribution >= 4 is 28.5 Å². The summed E-state index contributed by atoms with van der Waals surface area (Å²) >= 11 is 5.94. The molecule has 1 aliphatic heterocycles. The maximum absolute atomic E-state index is 12.9. The molecule has 0 bridgehead atoms. The molecule has 28 heavy (non-hydrogen) atoms. The molecule has 5 nitrogen and oxygen atoms in total. The third-order valence-corrected chi connectivity index (χ3v) is 5.17. The van der Waals surface area contributed by atoms with Crippen molar-refractivity contribution in [1.29, 1.82) is 0 Å². The number of ether oxygens (including phenoxy) is 1. The summed E-state index contributed by atoms with van der Waals surface area (Å²) in [6.07, 6.45) is 1.89. The lowest BCUT2D eigenvalue weighted by Crippen LogP contribution is -2.41. The smallest absolute Gasteiger partial charge is 0.289 e. The predicted molar refractivity (Wildman–Crippen MR) is 108 cm³/mol. The third-order valence-electron chi connectivity index (χ3n) is 4.94. The maximum atomic E-state index is 12.9. The number of hydrogen-bond acceptors (Lipinski definition) is 4. The zero-order valence-electron chi connectivity index (χ0n) is 15.3. The van der Waals surface area contributed by atoms with Gasteiger partial charge in [-0.3, -0.25) is 9.59 Å². The van der Waals surface area contributed by atoms with Crippen LogP contribution in [0.25, 0.3) is 11.0 Å². The van der Waals surface area contributed by atoms with Crippen molar-refractivity contribution in [2.45, 2.75) is 12.8 Å². The molecule has 0 spiro atoms. The fourth-order valence-corrected chi connectivity index (χ4v) is 3.68. The van der Waals surface area contributed by atoms with Gasteiger partial charge in [-0.25, -0.2) is 0 Å². The van der Waals surface area contributed by atoms with Gasteiger partial charge in [0.15, 0.2) is 11.2 Å². The van der Waals surface area contributed by atoms with Gasteiger partial charge in [0.2, 0.25) is 0 Å². The normalized spacial score (nSPS) is 16.9. The van der Waals surface area contributed by atoms with Gasteiger partial charge in [-0.1, -0.05) is 29.8 Å². The van der Waals surface area contributed by atoms with Gasteiger partial charge in [0.25, 0.3) is 5.91 Å². The van der Waals surface area contributed by atoms with Crippen molar-refractivity contribution in [3.63, 3.8) is 0 Å². The monoisotopic (exact) mass is 397 g/mol. The van der Waals surface area contributed by atoms with Crippen molar-refractivity contribution in [3.05, 3.63) is 75.6 Å². The molecule has 1 atom stereocenters. The fraction of sp³-hybridized carbons (Fsp3) is 0.273. The van der Waals surface area contributed by atoms with Crippen LogP contribution in [-0.4, -0.2) is 30.5 Å². The average Bonchev–Trinajstić information content (AvgIpc) is 2.73. The minimum Gasteiger partial charge on any atom is -0.493 e. The molecule has 0 saturated carbocycles. The Kier molecular flexibility index (Phi) is 5.35. The van der Waals surface area contributed by atoms with Gasteiger partial charge < -0.3 is 14.1 Å². The zero-order chi connectivity index (χ0) is 19.5. The van der Waals surface area contributed by atoms with Crippen molar-refractivity contribution in [2.75, 3.05) is 19.7 Å². The molecule has 1 amide bonds. The summed E-state index contributed by atoms with van der Waals surface area (Å²) in [5.74, 6) is 0.858. The Morgan fingerprint density at radius 1 is 1.18 bits per heavy atom. The number of likely N-dealkylation sites (tertiary alicyclic amines) is 1. The molecule has 1 aromatic heterocycles. The first-order chi connectivity index (χ1) is 13.6. The number of benzene rings is 2. The van der Waals surface area contributed by atoms with E-state index >= 15 is 0 Å². The summed E-state index contributed by atoms with van der Waals surface area (Å²) in [6, 6.07) is 15.7. The van der Waals surface area contributed by atoms with Gasteiger partial charge in [-0.05, 0) is 43.2 Å². The third kappa shape index (κ3) is 4.04. The van der Waals surface area contributed by atoms with E-state index in [0.717, 1.165) is 18.6 Å². The number of hydrogen-bond donors (Lipinski definition) is 0. The molecule has 4 rings (SSSR count). The van der Waals surface area contributed by atoms with E-state index in [4.69, 9.17) is 20.8 Å². The Labute approximate surface area is 167 Å². The summed E-state index contributed by atoms with van der Waals surface area (Å²) < 4.78 is 11.5. The van der Waals surface area contributed by atoms with Crippen molar-refractivity contribution in [2.24, 2.45) is 5.92 Å². The number of halogens is 1. The zero-order valence-corrected chi connectivity index (χ0v) is 16.0. The van der Waals surface area contributed by atoms with E-state index in [9.17, 15) is 9.59 Å². The van der Waals surface area contributed by atoms with Gasteiger partial charge in [-0.15, -0.1) is 0 Å². The molecular weight excluding hydrogens is 378 g/mol. The molecule has 2 aromatic carbocycles. The van der Waals surface area contributed by atoms with E-state index in [2.05, 4.69) is 0 Å². The lowest BCUT2D eigenvalue weighted by atomic mass is 9.98. The van der Waals surface area contributed by atoms with Gasteiger partial charge in [0, 0.05) is 30.1 Å². The highest BCUT2D eigenvalue weighted by Crippen LogP contribution is 2.22. The second-order valence-electron chi connectivity index (χ2n) is 7.00. The van der Waals surface area contributed by atoms with Crippen LogP contribution in [0.4, 0.5) is 0 Å². The number of para-hydroxylation sites is 1. The summed E-state index contributed by atoms with van der Waals surface area (Å²) in [6.45, 7) is 1.77. The average molecular weight is 398 g/mol.